The number of hydrogen-bond acceptors (Lipinski definition) is 7. The van der Waals surface area contributed by atoms with Crippen molar-refractivity contribution in [3.05, 3.63) is 68.2 Å². The van der Waals surface area contributed by atoms with E-state index in [-0.39, 0.29) is 16.3 Å². The van der Waals surface area contributed by atoms with Gasteiger partial charge in [-0.15, -0.1) is 11.3 Å². The van der Waals surface area contributed by atoms with E-state index in [1.807, 2.05) is 0 Å². The van der Waals surface area contributed by atoms with E-state index in [0.29, 0.717) is 14.9 Å². The molecule has 5 nitrogen and oxygen atoms in total. The Kier molecular flexibility index (Phi) is 7.56. The molecule has 0 unspecified atom stereocenters. The molecule has 1 fully saturated rings. The Morgan fingerprint density at radius 3 is 2.36 bits per heavy atom. The molecule has 1 aliphatic heterocycles. The third-order valence-corrected chi connectivity index (χ3v) is 7.95. The smallest absolute Gasteiger partial charge is 0.194 e. The lowest BCUT2D eigenvalue weighted by Crippen LogP contribution is -2.52. The Labute approximate surface area is 204 Å². The van der Waals surface area contributed by atoms with Crippen LogP contribution in [0.5, 0.6) is 0 Å². The second-order valence-corrected chi connectivity index (χ2v) is 10.1. The Bertz CT molecular complexity index is 1150. The van der Waals surface area contributed by atoms with E-state index in [9.17, 15) is 28.5 Å². The molecular weight excluding hydrogens is 522 g/mol. The van der Waals surface area contributed by atoms with Gasteiger partial charge in [-0.2, -0.15) is 0 Å². The average Bonchev–Trinajstić information content (AvgIpc) is 3.26. The molecule has 2 aromatic carbocycles. The van der Waals surface area contributed by atoms with Gasteiger partial charge in [0, 0.05) is 15.8 Å². The maximum atomic E-state index is 13.6. The van der Waals surface area contributed by atoms with Crippen molar-refractivity contribution in [3.63, 3.8) is 0 Å². The van der Waals surface area contributed by atoms with Crippen molar-refractivity contribution in [2.75, 3.05) is 6.61 Å². The maximum Gasteiger partial charge on any atom is 0.194 e. The first-order valence-corrected chi connectivity index (χ1v) is 12.1. The number of nitrogens with zero attached hydrogens (tertiary/aromatic N) is 1. The molecule has 2 heterocycles. The molecule has 3 N–H and O–H groups in total. The van der Waals surface area contributed by atoms with Gasteiger partial charge in [0.05, 0.1) is 34.4 Å². The highest BCUT2D eigenvalue weighted by atomic mass is 35.5. The second-order valence-electron chi connectivity index (χ2n) is 7.25. The highest BCUT2D eigenvalue weighted by Crippen LogP contribution is 2.42. The van der Waals surface area contributed by atoms with Crippen molar-refractivity contribution in [2.45, 2.75) is 34.6 Å². The van der Waals surface area contributed by atoms with E-state index in [1.165, 1.54) is 5.38 Å². The summed E-state index contributed by atoms with van der Waals surface area (Å²) in [5.74, 6) is -5.27. The second kappa shape index (κ2) is 10.1. The molecule has 0 spiro atoms. The quantitative estimate of drug-likeness (QED) is 0.403. The monoisotopic (exact) mass is 537 g/mol. The van der Waals surface area contributed by atoms with Gasteiger partial charge in [-0.25, -0.2) is 18.2 Å². The van der Waals surface area contributed by atoms with Crippen molar-refractivity contribution in [2.24, 2.45) is 0 Å². The number of rotatable bonds is 5. The number of hydrogen-bond donors (Lipinski definition) is 3. The van der Waals surface area contributed by atoms with Crippen LogP contribution < -0.4 is 0 Å². The number of ether oxygens (including phenoxy) is 1. The predicted molar refractivity (Wildman–Crippen MR) is 120 cm³/mol. The molecule has 0 bridgehead atoms. The first-order chi connectivity index (χ1) is 15.7. The molecule has 1 aromatic heterocycles. The van der Waals surface area contributed by atoms with E-state index >= 15 is 0 Å². The van der Waals surface area contributed by atoms with Gasteiger partial charge in [-0.1, -0.05) is 35.0 Å². The number of halogens is 5. The summed E-state index contributed by atoms with van der Waals surface area (Å²) in [6.45, 7) is -0.518. The summed E-state index contributed by atoms with van der Waals surface area (Å²) in [5.41, 5.74) is -0.751. The number of thiazole rings is 1. The van der Waals surface area contributed by atoms with Crippen molar-refractivity contribution < 1.29 is 33.2 Å². The third-order valence-electron chi connectivity index (χ3n) is 5.11. The summed E-state index contributed by atoms with van der Waals surface area (Å²) in [6.07, 6.45) is -3.59. The summed E-state index contributed by atoms with van der Waals surface area (Å²) in [5, 5.41) is 33.8. The van der Waals surface area contributed by atoms with E-state index in [4.69, 9.17) is 27.9 Å². The fourth-order valence-corrected chi connectivity index (χ4v) is 5.92. The van der Waals surface area contributed by atoms with E-state index < -0.39 is 53.7 Å². The van der Waals surface area contributed by atoms with Crippen molar-refractivity contribution >= 4 is 46.3 Å². The summed E-state index contributed by atoms with van der Waals surface area (Å²) in [4.78, 5) is 4.95. The van der Waals surface area contributed by atoms with Gasteiger partial charge in [0.2, 0.25) is 0 Å². The predicted octanol–water partition coefficient (Wildman–Crippen LogP) is 4.85. The fraction of sp³-hybridized carbons (Fsp3) is 0.286. The first kappa shape index (κ1) is 24.7. The summed E-state index contributed by atoms with van der Waals surface area (Å²) in [6, 6.07) is 6.49. The van der Waals surface area contributed by atoms with Crippen LogP contribution in [0.1, 0.15) is 10.9 Å². The Hall–Kier alpha value is -1.37. The first-order valence-electron chi connectivity index (χ1n) is 9.54. The van der Waals surface area contributed by atoms with Gasteiger partial charge in [0.1, 0.15) is 22.7 Å². The number of aliphatic hydroxyl groups is 3. The van der Waals surface area contributed by atoms with Crippen LogP contribution in [0, 0.1) is 17.5 Å². The van der Waals surface area contributed by atoms with Gasteiger partial charge in [0.15, 0.2) is 17.5 Å². The lowest BCUT2D eigenvalue weighted by atomic mass is 9.90. The minimum Gasteiger partial charge on any atom is -0.394 e. The molecule has 12 heteroatoms. The van der Waals surface area contributed by atoms with E-state index in [1.54, 1.807) is 18.2 Å². The highest BCUT2D eigenvalue weighted by molar-refractivity contribution is 7.99. The van der Waals surface area contributed by atoms with Gasteiger partial charge >= 0.3 is 0 Å². The normalized spacial score (nSPS) is 25.4. The Morgan fingerprint density at radius 1 is 1.03 bits per heavy atom. The van der Waals surface area contributed by atoms with Crippen LogP contribution in [-0.4, -0.2) is 50.7 Å². The molecule has 0 saturated carbocycles. The minimum absolute atomic E-state index is 0.00498. The van der Waals surface area contributed by atoms with Gasteiger partial charge in [-0.3, -0.25) is 0 Å². The number of thioether (sulfide) groups is 1. The van der Waals surface area contributed by atoms with Gasteiger partial charge < -0.3 is 20.1 Å². The topological polar surface area (TPSA) is 82.8 Å². The zero-order valence-corrected chi connectivity index (χ0v) is 19.6. The van der Waals surface area contributed by atoms with Crippen LogP contribution >= 0.6 is 46.3 Å². The lowest BCUT2D eigenvalue weighted by molar-refractivity contribution is -0.162. The number of benzene rings is 2. The molecule has 33 heavy (non-hydrogen) atoms. The van der Waals surface area contributed by atoms with E-state index in [2.05, 4.69) is 4.98 Å². The lowest BCUT2D eigenvalue weighted by Gasteiger charge is -2.41. The maximum absolute atomic E-state index is 13.6. The standard InChI is InChI=1S/C21H16Cl2F3NO4S2/c22-10-2-1-9(5-11(10)23)33-21-19(30)16(18(29)15(6-28)31-21)20-27-14(7-32-20)8-3-12(24)17(26)13(25)4-8/h1-5,7,15-16,18-19,21,28-30H,6H2/t15-,16+,18+,19-,21-/m1/s1. The molecule has 0 amide bonds. The summed E-state index contributed by atoms with van der Waals surface area (Å²) < 4.78 is 46.3. The van der Waals surface area contributed by atoms with Crippen molar-refractivity contribution in [3.8, 4) is 11.3 Å². The zero-order valence-electron chi connectivity index (χ0n) is 16.5. The number of aromatic nitrogens is 1. The largest absolute Gasteiger partial charge is 0.394 e. The van der Waals surface area contributed by atoms with Gasteiger partial charge in [0.25, 0.3) is 0 Å². The fourth-order valence-electron chi connectivity index (χ4n) is 3.44. The van der Waals surface area contributed by atoms with Crippen molar-refractivity contribution in [1.82, 2.24) is 4.98 Å². The Morgan fingerprint density at radius 2 is 1.73 bits per heavy atom. The molecule has 3 aromatic rings. The molecule has 176 valence electrons. The number of aliphatic hydroxyl groups excluding tert-OH is 3. The molecular formula is C21H16Cl2F3NO4S2. The van der Waals surface area contributed by atoms with Crippen LogP contribution in [0.15, 0.2) is 40.6 Å². The summed E-state index contributed by atoms with van der Waals surface area (Å²) >= 11 is 14.2. The molecule has 0 radical (unpaired) electrons. The van der Waals surface area contributed by atoms with Gasteiger partial charge in [-0.05, 0) is 30.3 Å². The zero-order chi connectivity index (χ0) is 23.9. The average molecular weight is 538 g/mol. The highest BCUT2D eigenvalue weighted by Gasteiger charge is 2.46. The van der Waals surface area contributed by atoms with Crippen LogP contribution in [0.2, 0.25) is 10.0 Å². The molecule has 0 aliphatic carbocycles. The molecule has 4 rings (SSSR count). The van der Waals surface area contributed by atoms with Crippen molar-refractivity contribution in [1.29, 1.82) is 0 Å². The molecule has 1 saturated heterocycles. The minimum atomic E-state index is -1.59. The van der Waals surface area contributed by atoms with Crippen LogP contribution in [0.25, 0.3) is 11.3 Å². The SMILES string of the molecule is OC[C@H]1O[C@H](Sc2ccc(Cl)c(Cl)c2)[C@H](O)[C@@H](c2nc(-c3cc(F)c(F)c(F)c3)cs2)[C@H]1O. The Balaban J connectivity index is 1.63. The van der Waals surface area contributed by atoms with Crippen LogP contribution in [-0.2, 0) is 4.74 Å². The summed E-state index contributed by atoms with van der Waals surface area (Å²) in [7, 11) is 0. The molecule has 1 aliphatic rings. The molecule has 5 atom stereocenters. The van der Waals surface area contributed by atoms with Crippen LogP contribution in [0.4, 0.5) is 13.2 Å². The van der Waals surface area contributed by atoms with Crippen LogP contribution in [0.3, 0.4) is 0 Å². The third kappa shape index (κ3) is 5.03. The van der Waals surface area contributed by atoms with E-state index in [0.717, 1.165) is 35.2 Å².